The maximum Gasteiger partial charge on any atom is 0.308 e. The molecule has 126 valence electrons. The lowest BCUT2D eigenvalue weighted by Gasteiger charge is -2.30. The van der Waals surface area contributed by atoms with Gasteiger partial charge in [-0.1, -0.05) is 0 Å². The van der Waals surface area contributed by atoms with Crippen molar-refractivity contribution in [3.05, 3.63) is 17.5 Å². The Morgan fingerprint density at radius 1 is 1.30 bits per heavy atom. The standard InChI is InChI=1S/C16H23N3O4/c1-11-14(9-17-19(11)13-4-7-23-8-5-13)15(20)18-6-2-3-12(10-18)16(21)22/h9,12-13H,2-8,10H2,1H3,(H,21,22). The van der Waals surface area contributed by atoms with E-state index in [1.54, 1.807) is 11.1 Å². The molecule has 1 N–H and O–H groups in total. The fourth-order valence-electron chi connectivity index (χ4n) is 3.46. The quantitative estimate of drug-likeness (QED) is 0.911. The Labute approximate surface area is 135 Å². The minimum Gasteiger partial charge on any atom is -0.481 e. The molecule has 2 aliphatic heterocycles. The zero-order valence-corrected chi connectivity index (χ0v) is 13.4. The summed E-state index contributed by atoms with van der Waals surface area (Å²) in [5.74, 6) is -1.39. The van der Waals surface area contributed by atoms with Crippen molar-refractivity contribution in [3.8, 4) is 0 Å². The molecule has 1 aromatic heterocycles. The van der Waals surface area contributed by atoms with Crippen molar-refractivity contribution in [2.75, 3.05) is 26.3 Å². The van der Waals surface area contributed by atoms with Crippen molar-refractivity contribution < 1.29 is 19.4 Å². The highest BCUT2D eigenvalue weighted by atomic mass is 16.5. The zero-order chi connectivity index (χ0) is 16.4. The number of carbonyl (C=O) groups excluding carboxylic acids is 1. The molecule has 2 aliphatic rings. The van der Waals surface area contributed by atoms with Crippen LogP contribution in [0.5, 0.6) is 0 Å². The van der Waals surface area contributed by atoms with Crippen LogP contribution in [0, 0.1) is 12.8 Å². The van der Waals surface area contributed by atoms with Crippen LogP contribution in [0.2, 0.25) is 0 Å². The van der Waals surface area contributed by atoms with E-state index in [1.807, 2.05) is 11.6 Å². The molecule has 0 bridgehead atoms. The number of rotatable bonds is 3. The molecule has 1 amide bonds. The second-order valence-corrected chi connectivity index (χ2v) is 6.36. The van der Waals surface area contributed by atoms with Crippen LogP contribution in [0.3, 0.4) is 0 Å². The van der Waals surface area contributed by atoms with E-state index in [0.717, 1.165) is 38.2 Å². The minimum atomic E-state index is -0.822. The van der Waals surface area contributed by atoms with Crippen molar-refractivity contribution in [3.63, 3.8) is 0 Å². The van der Waals surface area contributed by atoms with Gasteiger partial charge in [-0.25, -0.2) is 0 Å². The summed E-state index contributed by atoms with van der Waals surface area (Å²) in [5, 5.41) is 13.6. The van der Waals surface area contributed by atoms with E-state index in [2.05, 4.69) is 5.10 Å². The fraction of sp³-hybridized carbons (Fsp3) is 0.688. The first-order chi connectivity index (χ1) is 11.1. The smallest absolute Gasteiger partial charge is 0.308 e. The lowest BCUT2D eigenvalue weighted by Crippen LogP contribution is -2.42. The van der Waals surface area contributed by atoms with Gasteiger partial charge in [0.2, 0.25) is 0 Å². The Balaban J connectivity index is 1.74. The number of ether oxygens (including phenoxy) is 1. The van der Waals surface area contributed by atoms with Gasteiger partial charge in [0, 0.05) is 32.0 Å². The van der Waals surface area contributed by atoms with Gasteiger partial charge in [0.1, 0.15) is 0 Å². The molecule has 2 fully saturated rings. The molecule has 0 spiro atoms. The monoisotopic (exact) mass is 321 g/mol. The summed E-state index contributed by atoms with van der Waals surface area (Å²) in [6.45, 7) is 4.26. The molecule has 23 heavy (non-hydrogen) atoms. The normalized spacial score (nSPS) is 23.0. The first-order valence-corrected chi connectivity index (χ1v) is 8.22. The van der Waals surface area contributed by atoms with Crippen LogP contribution in [0.25, 0.3) is 0 Å². The van der Waals surface area contributed by atoms with E-state index in [9.17, 15) is 14.7 Å². The third-order valence-corrected chi connectivity index (χ3v) is 4.87. The minimum absolute atomic E-state index is 0.105. The van der Waals surface area contributed by atoms with Gasteiger partial charge in [-0.15, -0.1) is 0 Å². The summed E-state index contributed by atoms with van der Waals surface area (Å²) in [6, 6.07) is 0.276. The van der Waals surface area contributed by atoms with Crippen LogP contribution in [0.15, 0.2) is 6.20 Å². The second-order valence-electron chi connectivity index (χ2n) is 6.36. The number of amides is 1. The number of aliphatic carboxylic acids is 1. The van der Waals surface area contributed by atoms with Crippen LogP contribution in [-0.4, -0.2) is 58.0 Å². The number of hydrogen-bond donors (Lipinski definition) is 1. The maximum atomic E-state index is 12.7. The van der Waals surface area contributed by atoms with Gasteiger partial charge in [-0.05, 0) is 32.6 Å². The first-order valence-electron chi connectivity index (χ1n) is 8.22. The molecule has 3 rings (SSSR count). The first kappa shape index (κ1) is 16.0. The molecular weight excluding hydrogens is 298 g/mol. The number of carboxylic acids is 1. The van der Waals surface area contributed by atoms with Crippen LogP contribution in [0.1, 0.15) is 47.8 Å². The summed E-state index contributed by atoms with van der Waals surface area (Å²) in [7, 11) is 0. The highest BCUT2D eigenvalue weighted by Crippen LogP contribution is 2.25. The average molecular weight is 321 g/mol. The number of nitrogens with zero attached hydrogens (tertiary/aromatic N) is 3. The molecule has 0 radical (unpaired) electrons. The fourth-order valence-corrected chi connectivity index (χ4v) is 3.46. The van der Waals surface area contributed by atoms with Crippen LogP contribution >= 0.6 is 0 Å². The predicted octanol–water partition coefficient (Wildman–Crippen LogP) is 1.48. The van der Waals surface area contributed by atoms with Crippen LogP contribution < -0.4 is 0 Å². The number of carbonyl (C=O) groups is 2. The number of carboxylic acid groups (broad SMARTS) is 1. The molecular formula is C16H23N3O4. The molecule has 1 atom stereocenters. The summed E-state index contributed by atoms with van der Waals surface area (Å²) in [6.07, 6.45) is 4.80. The third kappa shape index (κ3) is 3.24. The number of hydrogen-bond acceptors (Lipinski definition) is 4. The van der Waals surface area contributed by atoms with E-state index in [-0.39, 0.29) is 18.5 Å². The molecule has 0 aliphatic carbocycles. The van der Waals surface area contributed by atoms with Crippen molar-refractivity contribution in [2.24, 2.45) is 5.92 Å². The molecule has 3 heterocycles. The average Bonchev–Trinajstić information content (AvgIpc) is 2.96. The Morgan fingerprint density at radius 2 is 2.04 bits per heavy atom. The number of likely N-dealkylation sites (tertiary alicyclic amines) is 1. The summed E-state index contributed by atoms with van der Waals surface area (Å²) in [5.41, 5.74) is 1.45. The van der Waals surface area contributed by atoms with Crippen molar-refractivity contribution >= 4 is 11.9 Å². The van der Waals surface area contributed by atoms with E-state index in [1.165, 1.54) is 0 Å². The molecule has 1 unspecified atom stereocenters. The molecule has 7 heteroatoms. The van der Waals surface area contributed by atoms with Gasteiger partial charge in [0.15, 0.2) is 0 Å². The Bertz CT molecular complexity index is 592. The Kier molecular flexibility index (Phi) is 4.66. The van der Waals surface area contributed by atoms with E-state index in [4.69, 9.17) is 4.74 Å². The SMILES string of the molecule is Cc1c(C(=O)N2CCCC(C(=O)O)C2)cnn1C1CCOCC1. The van der Waals surface area contributed by atoms with Gasteiger partial charge in [-0.2, -0.15) is 5.10 Å². The van der Waals surface area contributed by atoms with E-state index >= 15 is 0 Å². The summed E-state index contributed by atoms with van der Waals surface area (Å²) < 4.78 is 7.30. The summed E-state index contributed by atoms with van der Waals surface area (Å²) in [4.78, 5) is 25.6. The molecule has 0 saturated carbocycles. The summed E-state index contributed by atoms with van der Waals surface area (Å²) >= 11 is 0. The second kappa shape index (κ2) is 6.70. The predicted molar refractivity (Wildman–Crippen MR) is 82.3 cm³/mol. The Hall–Kier alpha value is -1.89. The van der Waals surface area contributed by atoms with Crippen molar-refractivity contribution in [1.82, 2.24) is 14.7 Å². The lowest BCUT2D eigenvalue weighted by molar-refractivity contribution is -0.143. The van der Waals surface area contributed by atoms with Gasteiger partial charge in [-0.3, -0.25) is 14.3 Å². The van der Waals surface area contributed by atoms with Gasteiger partial charge in [0.25, 0.3) is 5.91 Å². The molecule has 1 aromatic rings. The molecule has 0 aromatic carbocycles. The highest BCUT2D eigenvalue weighted by molar-refractivity contribution is 5.95. The van der Waals surface area contributed by atoms with Gasteiger partial charge < -0.3 is 14.7 Å². The third-order valence-electron chi connectivity index (χ3n) is 4.87. The van der Waals surface area contributed by atoms with Crippen molar-refractivity contribution in [2.45, 2.75) is 38.6 Å². The van der Waals surface area contributed by atoms with Crippen LogP contribution in [0.4, 0.5) is 0 Å². The van der Waals surface area contributed by atoms with E-state index < -0.39 is 11.9 Å². The number of piperidine rings is 1. The van der Waals surface area contributed by atoms with Crippen LogP contribution in [-0.2, 0) is 9.53 Å². The van der Waals surface area contributed by atoms with Crippen molar-refractivity contribution in [1.29, 1.82) is 0 Å². The Morgan fingerprint density at radius 3 is 2.74 bits per heavy atom. The molecule has 2 saturated heterocycles. The van der Waals surface area contributed by atoms with E-state index in [0.29, 0.717) is 18.5 Å². The molecule has 7 nitrogen and oxygen atoms in total. The lowest BCUT2D eigenvalue weighted by atomic mass is 9.97. The van der Waals surface area contributed by atoms with Gasteiger partial charge >= 0.3 is 5.97 Å². The number of aromatic nitrogens is 2. The largest absolute Gasteiger partial charge is 0.481 e. The maximum absolute atomic E-state index is 12.7. The zero-order valence-electron chi connectivity index (χ0n) is 13.4. The topological polar surface area (TPSA) is 84.7 Å². The highest BCUT2D eigenvalue weighted by Gasteiger charge is 2.30. The van der Waals surface area contributed by atoms with Gasteiger partial charge in [0.05, 0.1) is 23.7 Å².